The molecule has 5 heteroatoms. The highest BCUT2D eigenvalue weighted by atomic mass is 16.5. The van der Waals surface area contributed by atoms with Crippen molar-refractivity contribution in [3.05, 3.63) is 34.9 Å². The zero-order chi connectivity index (χ0) is 14.7. The van der Waals surface area contributed by atoms with E-state index in [1.807, 2.05) is 32.0 Å². The second-order valence-electron chi connectivity index (χ2n) is 5.21. The van der Waals surface area contributed by atoms with E-state index in [0.29, 0.717) is 18.7 Å². The molecule has 0 spiro atoms. The zero-order valence-corrected chi connectivity index (χ0v) is 11.9. The fraction of sp³-hybridized carbons (Fsp3) is 0.467. The van der Waals surface area contributed by atoms with Crippen LogP contribution in [0.3, 0.4) is 0 Å². The molecule has 1 saturated heterocycles. The molecule has 1 aromatic rings. The van der Waals surface area contributed by atoms with Crippen LogP contribution < -0.4 is 5.73 Å². The van der Waals surface area contributed by atoms with Gasteiger partial charge in [0.15, 0.2) is 5.78 Å². The number of benzene rings is 1. The van der Waals surface area contributed by atoms with E-state index in [1.165, 1.54) is 0 Å². The summed E-state index contributed by atoms with van der Waals surface area (Å²) < 4.78 is 5.25. The number of carbonyl (C=O) groups excluding carboxylic acids is 2. The lowest BCUT2D eigenvalue weighted by molar-refractivity contribution is -0.128. The smallest absolute Gasteiger partial charge is 0.237 e. The van der Waals surface area contributed by atoms with Crippen LogP contribution in [0, 0.1) is 13.8 Å². The molecular weight excluding hydrogens is 256 g/mol. The third kappa shape index (κ3) is 3.23. The van der Waals surface area contributed by atoms with Crippen LogP contribution in [-0.4, -0.2) is 48.9 Å². The molecule has 2 rings (SSSR count). The van der Waals surface area contributed by atoms with Crippen LogP contribution in [0.4, 0.5) is 0 Å². The number of hydrogen-bond donors (Lipinski definition) is 1. The topological polar surface area (TPSA) is 72.6 Å². The quantitative estimate of drug-likeness (QED) is 0.820. The predicted octanol–water partition coefficient (Wildman–Crippen LogP) is 0.672. The van der Waals surface area contributed by atoms with Gasteiger partial charge in [0.05, 0.1) is 19.8 Å². The van der Waals surface area contributed by atoms with Crippen molar-refractivity contribution in [2.75, 3.05) is 26.3 Å². The molecule has 5 nitrogen and oxygen atoms in total. The maximum atomic E-state index is 12.4. The lowest BCUT2D eigenvalue weighted by Gasteiger charge is -2.32. The van der Waals surface area contributed by atoms with Crippen LogP contribution >= 0.6 is 0 Å². The minimum Gasteiger partial charge on any atom is -0.378 e. The van der Waals surface area contributed by atoms with Crippen molar-refractivity contribution in [3.8, 4) is 0 Å². The van der Waals surface area contributed by atoms with Crippen molar-refractivity contribution < 1.29 is 14.3 Å². The number of aryl methyl sites for hydroxylation is 2. The van der Waals surface area contributed by atoms with Crippen LogP contribution in [0.25, 0.3) is 0 Å². The monoisotopic (exact) mass is 276 g/mol. The number of carbonyl (C=O) groups is 2. The Morgan fingerprint density at radius 1 is 1.40 bits per heavy atom. The third-order valence-corrected chi connectivity index (χ3v) is 3.60. The van der Waals surface area contributed by atoms with Gasteiger partial charge in [-0.25, -0.2) is 0 Å². The number of rotatable bonds is 4. The summed E-state index contributed by atoms with van der Waals surface area (Å²) in [4.78, 5) is 25.6. The van der Waals surface area contributed by atoms with Crippen LogP contribution in [0.15, 0.2) is 18.2 Å². The summed E-state index contributed by atoms with van der Waals surface area (Å²) in [6.07, 6.45) is 0. The molecule has 2 N–H and O–H groups in total. The SMILES string of the molecule is Cc1ccc(C(=O)CN2CCOCC2C(N)=O)c(C)c1. The molecular formula is C15H20N2O3. The molecule has 0 bridgehead atoms. The van der Waals surface area contributed by atoms with E-state index in [0.717, 1.165) is 11.1 Å². The minimum atomic E-state index is -0.515. The van der Waals surface area contributed by atoms with Gasteiger partial charge in [0.1, 0.15) is 6.04 Å². The summed E-state index contributed by atoms with van der Waals surface area (Å²) >= 11 is 0. The largest absolute Gasteiger partial charge is 0.378 e. The first-order chi connectivity index (χ1) is 9.49. The molecule has 0 radical (unpaired) electrons. The number of ether oxygens (including phenoxy) is 1. The molecule has 0 aromatic heterocycles. The lowest BCUT2D eigenvalue weighted by atomic mass is 10.0. The highest BCUT2D eigenvalue weighted by molar-refractivity contribution is 5.99. The van der Waals surface area contributed by atoms with E-state index in [9.17, 15) is 9.59 Å². The Morgan fingerprint density at radius 3 is 2.80 bits per heavy atom. The summed E-state index contributed by atoms with van der Waals surface area (Å²) in [7, 11) is 0. The molecule has 1 amide bonds. The first kappa shape index (κ1) is 14.7. The van der Waals surface area contributed by atoms with Gasteiger partial charge >= 0.3 is 0 Å². The summed E-state index contributed by atoms with van der Waals surface area (Å²) in [5.41, 5.74) is 8.13. The number of hydrogen-bond acceptors (Lipinski definition) is 4. The van der Waals surface area contributed by atoms with E-state index in [-0.39, 0.29) is 18.9 Å². The lowest BCUT2D eigenvalue weighted by Crippen LogP contribution is -2.53. The fourth-order valence-corrected chi connectivity index (χ4v) is 2.49. The molecule has 0 saturated carbocycles. The van der Waals surface area contributed by atoms with Crippen LogP contribution in [-0.2, 0) is 9.53 Å². The van der Waals surface area contributed by atoms with E-state index in [2.05, 4.69) is 0 Å². The summed E-state index contributed by atoms with van der Waals surface area (Å²) in [6, 6.07) is 5.23. The average Bonchev–Trinajstić information content (AvgIpc) is 2.38. The second-order valence-corrected chi connectivity index (χ2v) is 5.21. The Morgan fingerprint density at radius 2 is 2.15 bits per heavy atom. The molecule has 20 heavy (non-hydrogen) atoms. The van der Waals surface area contributed by atoms with Crippen molar-refractivity contribution in [2.45, 2.75) is 19.9 Å². The normalized spacial score (nSPS) is 19.8. The second kappa shape index (κ2) is 6.15. The van der Waals surface area contributed by atoms with Gasteiger partial charge in [0, 0.05) is 12.1 Å². The number of nitrogens with two attached hydrogens (primary N) is 1. The highest BCUT2D eigenvalue weighted by Gasteiger charge is 2.29. The predicted molar refractivity (Wildman–Crippen MR) is 75.6 cm³/mol. The van der Waals surface area contributed by atoms with Gasteiger partial charge in [0.2, 0.25) is 5.91 Å². The van der Waals surface area contributed by atoms with Crippen molar-refractivity contribution >= 4 is 11.7 Å². The Bertz CT molecular complexity index is 528. The van der Waals surface area contributed by atoms with Crippen molar-refractivity contribution in [1.29, 1.82) is 0 Å². The van der Waals surface area contributed by atoms with E-state index < -0.39 is 11.9 Å². The number of Topliss-reactive ketones (excluding diaryl/α,β-unsaturated/α-hetero) is 1. The molecule has 0 aliphatic carbocycles. The number of ketones is 1. The summed E-state index contributed by atoms with van der Waals surface area (Å²) in [5, 5.41) is 0. The molecule has 1 fully saturated rings. The maximum absolute atomic E-state index is 12.4. The third-order valence-electron chi connectivity index (χ3n) is 3.60. The first-order valence-electron chi connectivity index (χ1n) is 6.70. The van der Waals surface area contributed by atoms with Gasteiger partial charge in [-0.05, 0) is 19.4 Å². The maximum Gasteiger partial charge on any atom is 0.237 e. The standard InChI is InChI=1S/C15H20N2O3/c1-10-3-4-12(11(2)7-10)14(18)8-17-5-6-20-9-13(17)15(16)19/h3-4,7,13H,5-6,8-9H2,1-2H3,(H2,16,19). The van der Waals surface area contributed by atoms with Crippen LogP contribution in [0.2, 0.25) is 0 Å². The van der Waals surface area contributed by atoms with Crippen LogP contribution in [0.5, 0.6) is 0 Å². The van der Waals surface area contributed by atoms with Gasteiger partial charge in [-0.15, -0.1) is 0 Å². The van der Waals surface area contributed by atoms with Gasteiger partial charge in [0.25, 0.3) is 0 Å². The molecule has 1 heterocycles. The molecule has 1 aliphatic heterocycles. The Labute approximate surface area is 118 Å². The van der Waals surface area contributed by atoms with Gasteiger partial charge in [-0.2, -0.15) is 0 Å². The Kier molecular flexibility index (Phi) is 4.52. The van der Waals surface area contributed by atoms with E-state index in [1.54, 1.807) is 4.90 Å². The summed E-state index contributed by atoms with van der Waals surface area (Å²) in [6.45, 7) is 5.43. The molecule has 1 aromatic carbocycles. The van der Waals surface area contributed by atoms with E-state index >= 15 is 0 Å². The van der Waals surface area contributed by atoms with Crippen LogP contribution in [0.1, 0.15) is 21.5 Å². The number of nitrogens with zero attached hydrogens (tertiary/aromatic N) is 1. The molecule has 1 atom stereocenters. The van der Waals surface area contributed by atoms with Crippen molar-refractivity contribution in [3.63, 3.8) is 0 Å². The Balaban J connectivity index is 2.11. The van der Waals surface area contributed by atoms with Gasteiger partial charge in [-0.1, -0.05) is 23.8 Å². The van der Waals surface area contributed by atoms with Crippen molar-refractivity contribution in [1.82, 2.24) is 4.90 Å². The zero-order valence-electron chi connectivity index (χ0n) is 11.9. The number of amides is 1. The van der Waals surface area contributed by atoms with Crippen molar-refractivity contribution in [2.24, 2.45) is 5.73 Å². The minimum absolute atomic E-state index is 0.00986. The summed E-state index contributed by atoms with van der Waals surface area (Å²) in [5.74, 6) is -0.436. The number of morpholine rings is 1. The number of primary amides is 1. The van der Waals surface area contributed by atoms with E-state index in [4.69, 9.17) is 10.5 Å². The molecule has 1 aliphatic rings. The molecule has 1 unspecified atom stereocenters. The molecule has 108 valence electrons. The van der Waals surface area contributed by atoms with Gasteiger partial charge in [-0.3, -0.25) is 14.5 Å². The highest BCUT2D eigenvalue weighted by Crippen LogP contribution is 2.14. The Hall–Kier alpha value is -1.72. The van der Waals surface area contributed by atoms with Gasteiger partial charge < -0.3 is 10.5 Å². The average molecular weight is 276 g/mol. The first-order valence-corrected chi connectivity index (χ1v) is 6.70. The fourth-order valence-electron chi connectivity index (χ4n) is 2.49.